The molecule has 14 heavy (non-hydrogen) atoms. The van der Waals surface area contributed by atoms with Crippen LogP contribution < -0.4 is 5.32 Å². The van der Waals surface area contributed by atoms with Gasteiger partial charge in [0.25, 0.3) is 0 Å². The Bertz CT molecular complexity index is 150. The van der Waals surface area contributed by atoms with Crippen molar-refractivity contribution in [3.05, 3.63) is 0 Å². The van der Waals surface area contributed by atoms with Gasteiger partial charge in [0.2, 0.25) is 0 Å². The van der Waals surface area contributed by atoms with Crippen molar-refractivity contribution in [2.45, 2.75) is 31.7 Å². The number of hydrogen-bond acceptors (Lipinski definition) is 4. The van der Waals surface area contributed by atoms with Gasteiger partial charge in [-0.25, -0.2) is 0 Å². The van der Waals surface area contributed by atoms with Crippen LogP contribution in [-0.4, -0.2) is 44.8 Å². The Kier molecular flexibility index (Phi) is 5.40. The van der Waals surface area contributed by atoms with Crippen LogP contribution in [0.4, 0.5) is 0 Å². The summed E-state index contributed by atoms with van der Waals surface area (Å²) in [6.45, 7) is 1.65. The summed E-state index contributed by atoms with van der Waals surface area (Å²) in [4.78, 5) is 0. The summed E-state index contributed by atoms with van der Waals surface area (Å²) in [6.07, 6.45) is 2.75. The van der Waals surface area contributed by atoms with E-state index in [0.717, 1.165) is 25.8 Å². The molecule has 0 bridgehead atoms. The normalized spacial score (nSPS) is 27.4. The highest BCUT2D eigenvalue weighted by atomic mass is 16.7. The molecular weight excluding hydrogens is 182 g/mol. The molecule has 4 heteroatoms. The van der Waals surface area contributed by atoms with Crippen LogP contribution in [0.15, 0.2) is 0 Å². The van der Waals surface area contributed by atoms with Crippen molar-refractivity contribution in [3.8, 4) is 0 Å². The molecule has 1 rings (SSSR count). The van der Waals surface area contributed by atoms with Crippen LogP contribution in [0, 0.1) is 5.92 Å². The zero-order valence-electron chi connectivity index (χ0n) is 9.03. The lowest BCUT2D eigenvalue weighted by Gasteiger charge is -2.16. The minimum atomic E-state index is -0.165. The molecule has 0 radical (unpaired) electrons. The summed E-state index contributed by atoms with van der Waals surface area (Å²) in [5.41, 5.74) is 0. The molecule has 0 aromatic heterocycles. The fraction of sp³-hybridized carbons (Fsp3) is 1.00. The lowest BCUT2D eigenvalue weighted by Crippen LogP contribution is -2.32. The number of aliphatic hydroxyl groups is 1. The standard InChI is InChI=1S/C10H21NO3/c1-13-10(14-2)7-11-6-8-3-4-9(12)5-8/h8-12H,3-7H2,1-2H3. The average Bonchev–Trinajstić information content (AvgIpc) is 2.59. The first-order chi connectivity index (χ1) is 6.76. The smallest absolute Gasteiger partial charge is 0.169 e. The van der Waals surface area contributed by atoms with E-state index in [9.17, 15) is 5.11 Å². The summed E-state index contributed by atoms with van der Waals surface area (Å²) >= 11 is 0. The molecule has 0 amide bonds. The largest absolute Gasteiger partial charge is 0.393 e. The molecule has 1 saturated carbocycles. The van der Waals surface area contributed by atoms with Crippen LogP contribution >= 0.6 is 0 Å². The van der Waals surface area contributed by atoms with E-state index in [1.165, 1.54) is 0 Å². The van der Waals surface area contributed by atoms with Crippen molar-refractivity contribution in [2.75, 3.05) is 27.3 Å². The molecule has 1 aliphatic rings. The van der Waals surface area contributed by atoms with Gasteiger partial charge >= 0.3 is 0 Å². The molecule has 0 saturated heterocycles. The Balaban J connectivity index is 2.03. The number of ether oxygens (including phenoxy) is 2. The lowest BCUT2D eigenvalue weighted by atomic mass is 10.1. The van der Waals surface area contributed by atoms with Crippen LogP contribution in [0.2, 0.25) is 0 Å². The minimum Gasteiger partial charge on any atom is -0.393 e. The monoisotopic (exact) mass is 203 g/mol. The summed E-state index contributed by atoms with van der Waals surface area (Å²) in [5, 5.41) is 12.6. The van der Waals surface area contributed by atoms with Gasteiger partial charge in [0.15, 0.2) is 6.29 Å². The molecule has 4 nitrogen and oxygen atoms in total. The van der Waals surface area contributed by atoms with Crippen molar-refractivity contribution >= 4 is 0 Å². The Morgan fingerprint density at radius 3 is 2.57 bits per heavy atom. The van der Waals surface area contributed by atoms with Gasteiger partial charge in [-0.15, -0.1) is 0 Å². The lowest BCUT2D eigenvalue weighted by molar-refractivity contribution is -0.0989. The van der Waals surface area contributed by atoms with Crippen LogP contribution in [-0.2, 0) is 9.47 Å². The third-order valence-electron chi connectivity index (χ3n) is 2.78. The highest BCUT2D eigenvalue weighted by Crippen LogP contribution is 2.24. The Hall–Kier alpha value is -0.160. The topological polar surface area (TPSA) is 50.7 Å². The number of nitrogens with one attached hydrogen (secondary N) is 1. The summed E-state index contributed by atoms with van der Waals surface area (Å²) in [7, 11) is 3.27. The maximum Gasteiger partial charge on any atom is 0.169 e. The zero-order valence-corrected chi connectivity index (χ0v) is 9.03. The molecule has 2 atom stereocenters. The number of rotatable bonds is 6. The maximum absolute atomic E-state index is 9.32. The number of aliphatic hydroxyl groups excluding tert-OH is 1. The van der Waals surface area contributed by atoms with Crippen LogP contribution in [0.5, 0.6) is 0 Å². The minimum absolute atomic E-state index is 0.0811. The quantitative estimate of drug-likeness (QED) is 0.612. The SMILES string of the molecule is COC(CNCC1CCC(O)C1)OC. The summed E-state index contributed by atoms with van der Waals surface area (Å²) in [5.74, 6) is 0.611. The molecule has 0 aromatic carbocycles. The van der Waals surface area contributed by atoms with Crippen molar-refractivity contribution in [3.63, 3.8) is 0 Å². The Morgan fingerprint density at radius 1 is 1.36 bits per heavy atom. The molecule has 2 unspecified atom stereocenters. The second-order valence-corrected chi connectivity index (χ2v) is 3.89. The predicted octanol–water partition coefficient (Wildman–Crippen LogP) is 0.356. The van der Waals surface area contributed by atoms with Crippen LogP contribution in [0.3, 0.4) is 0 Å². The zero-order chi connectivity index (χ0) is 10.4. The molecule has 2 N–H and O–H groups in total. The Morgan fingerprint density at radius 2 is 2.07 bits per heavy atom. The van der Waals surface area contributed by atoms with Gasteiger partial charge in [-0.1, -0.05) is 0 Å². The molecule has 0 spiro atoms. The van der Waals surface area contributed by atoms with E-state index in [1.807, 2.05) is 0 Å². The van der Waals surface area contributed by atoms with Gasteiger partial charge in [-0.05, 0) is 31.7 Å². The van der Waals surface area contributed by atoms with E-state index >= 15 is 0 Å². The number of methoxy groups -OCH3 is 2. The molecule has 1 fully saturated rings. The second kappa shape index (κ2) is 6.35. The average molecular weight is 203 g/mol. The first-order valence-electron chi connectivity index (χ1n) is 5.20. The highest BCUT2D eigenvalue weighted by molar-refractivity contribution is 4.76. The first-order valence-corrected chi connectivity index (χ1v) is 5.20. The fourth-order valence-corrected chi connectivity index (χ4v) is 1.90. The van der Waals surface area contributed by atoms with Gasteiger partial charge in [-0.2, -0.15) is 0 Å². The summed E-state index contributed by atoms with van der Waals surface area (Å²) in [6, 6.07) is 0. The van der Waals surface area contributed by atoms with Crippen LogP contribution in [0.1, 0.15) is 19.3 Å². The number of hydrogen-bond donors (Lipinski definition) is 2. The molecule has 1 aliphatic carbocycles. The fourth-order valence-electron chi connectivity index (χ4n) is 1.90. The van der Waals surface area contributed by atoms with Crippen LogP contribution in [0.25, 0.3) is 0 Å². The first kappa shape index (κ1) is 11.9. The van der Waals surface area contributed by atoms with Crippen molar-refractivity contribution < 1.29 is 14.6 Å². The van der Waals surface area contributed by atoms with Gasteiger partial charge < -0.3 is 19.9 Å². The third-order valence-corrected chi connectivity index (χ3v) is 2.78. The van der Waals surface area contributed by atoms with E-state index in [0.29, 0.717) is 12.5 Å². The molecule has 0 aromatic rings. The molecule has 0 aliphatic heterocycles. The van der Waals surface area contributed by atoms with Crippen molar-refractivity contribution in [1.82, 2.24) is 5.32 Å². The highest BCUT2D eigenvalue weighted by Gasteiger charge is 2.22. The van der Waals surface area contributed by atoms with Gasteiger partial charge in [0, 0.05) is 20.8 Å². The predicted molar refractivity (Wildman–Crippen MR) is 54.0 cm³/mol. The maximum atomic E-state index is 9.32. The van der Waals surface area contributed by atoms with E-state index < -0.39 is 0 Å². The van der Waals surface area contributed by atoms with Gasteiger partial charge in [0.1, 0.15) is 0 Å². The molecule has 0 heterocycles. The van der Waals surface area contributed by atoms with Crippen molar-refractivity contribution in [1.29, 1.82) is 0 Å². The van der Waals surface area contributed by atoms with Crippen molar-refractivity contribution in [2.24, 2.45) is 5.92 Å². The van der Waals surface area contributed by atoms with E-state index in [4.69, 9.17) is 9.47 Å². The molecule has 84 valence electrons. The molecular formula is C10H21NO3. The summed E-state index contributed by atoms with van der Waals surface area (Å²) < 4.78 is 10.1. The second-order valence-electron chi connectivity index (χ2n) is 3.89. The van der Waals surface area contributed by atoms with E-state index in [-0.39, 0.29) is 12.4 Å². The third kappa shape index (κ3) is 3.92. The Labute approximate surface area is 85.6 Å². The van der Waals surface area contributed by atoms with Gasteiger partial charge in [0.05, 0.1) is 6.10 Å². The van der Waals surface area contributed by atoms with Gasteiger partial charge in [-0.3, -0.25) is 0 Å². The van der Waals surface area contributed by atoms with E-state index in [1.54, 1.807) is 14.2 Å². The van der Waals surface area contributed by atoms with E-state index in [2.05, 4.69) is 5.32 Å².